The number of hydrogen-bond donors (Lipinski definition) is 2. The van der Waals surface area contributed by atoms with Gasteiger partial charge in [-0.1, -0.05) is 29.8 Å². The number of ether oxygens (including phenoxy) is 1. The van der Waals surface area contributed by atoms with Gasteiger partial charge in [-0.25, -0.2) is 10.2 Å². The summed E-state index contributed by atoms with van der Waals surface area (Å²) in [6.45, 7) is 2.10. The summed E-state index contributed by atoms with van der Waals surface area (Å²) in [6.07, 6.45) is 5.79. The van der Waals surface area contributed by atoms with Crippen molar-refractivity contribution in [3.8, 4) is 5.75 Å². The molecule has 0 atom stereocenters. The minimum absolute atomic E-state index is 0.0973. The summed E-state index contributed by atoms with van der Waals surface area (Å²) in [5.41, 5.74) is 5.12. The number of carbonyl (C=O) groups excluding carboxylic acids is 2. The molecule has 7 heteroatoms. The Hall–Kier alpha value is -4.13. The van der Waals surface area contributed by atoms with Gasteiger partial charge in [-0.15, -0.1) is 0 Å². The highest BCUT2D eigenvalue weighted by atomic mass is 16.5. The van der Waals surface area contributed by atoms with Crippen molar-refractivity contribution in [2.24, 2.45) is 5.10 Å². The van der Waals surface area contributed by atoms with E-state index in [1.54, 1.807) is 36.4 Å². The van der Waals surface area contributed by atoms with Gasteiger partial charge in [0.1, 0.15) is 11.5 Å². The van der Waals surface area contributed by atoms with Gasteiger partial charge in [0.15, 0.2) is 0 Å². The van der Waals surface area contributed by atoms with E-state index < -0.39 is 5.97 Å². The van der Waals surface area contributed by atoms with Gasteiger partial charge in [0.25, 0.3) is 5.91 Å². The van der Waals surface area contributed by atoms with E-state index >= 15 is 0 Å². The molecule has 0 aliphatic rings. The van der Waals surface area contributed by atoms with E-state index in [1.165, 1.54) is 24.6 Å². The highest BCUT2D eigenvalue weighted by Gasteiger charge is 2.03. The lowest BCUT2D eigenvalue weighted by Crippen LogP contribution is -2.25. The molecular formula is C23H21N3O4. The Balaban J connectivity index is 1.46. The van der Waals surface area contributed by atoms with Crippen LogP contribution in [0.4, 0.5) is 5.69 Å². The molecule has 2 aromatic carbocycles. The fourth-order valence-corrected chi connectivity index (χ4v) is 2.42. The zero-order valence-corrected chi connectivity index (χ0v) is 16.4. The molecule has 0 bridgehead atoms. The summed E-state index contributed by atoms with van der Waals surface area (Å²) in [4.78, 5) is 23.8. The fraction of sp³-hybridized carbons (Fsp3) is 0.0870. The maximum absolute atomic E-state index is 11.9. The van der Waals surface area contributed by atoms with E-state index in [4.69, 9.17) is 9.15 Å². The zero-order valence-electron chi connectivity index (χ0n) is 16.4. The van der Waals surface area contributed by atoms with Crippen LogP contribution in [-0.4, -0.2) is 24.6 Å². The Bertz CT molecular complexity index is 1040. The van der Waals surface area contributed by atoms with Crippen LogP contribution < -0.4 is 15.5 Å². The number of anilines is 1. The molecule has 1 aromatic heterocycles. The SMILES string of the molecule is Cc1ccc(NCC(=O)NN=Cc2cccc(OC(=O)C=Cc3ccco3)c2)cc1. The Morgan fingerprint density at radius 3 is 2.70 bits per heavy atom. The average Bonchev–Trinajstić information content (AvgIpc) is 3.26. The van der Waals surface area contributed by atoms with Gasteiger partial charge in [-0.2, -0.15) is 5.10 Å². The van der Waals surface area contributed by atoms with Gasteiger partial charge < -0.3 is 14.5 Å². The molecule has 1 amide bonds. The molecule has 3 aromatic rings. The number of nitrogens with one attached hydrogen (secondary N) is 2. The third kappa shape index (κ3) is 6.79. The summed E-state index contributed by atoms with van der Waals surface area (Å²) in [7, 11) is 0. The zero-order chi connectivity index (χ0) is 21.2. The smallest absolute Gasteiger partial charge is 0.336 e. The number of nitrogens with zero attached hydrogens (tertiary/aromatic N) is 1. The Morgan fingerprint density at radius 1 is 1.10 bits per heavy atom. The van der Waals surface area contributed by atoms with Crippen LogP contribution in [0.3, 0.4) is 0 Å². The van der Waals surface area contributed by atoms with Crippen molar-refractivity contribution in [3.05, 3.63) is 89.9 Å². The minimum Gasteiger partial charge on any atom is -0.465 e. The summed E-state index contributed by atoms with van der Waals surface area (Å²) in [5.74, 6) is 0.106. The Morgan fingerprint density at radius 2 is 1.93 bits per heavy atom. The summed E-state index contributed by atoms with van der Waals surface area (Å²) in [5, 5.41) is 6.94. The largest absolute Gasteiger partial charge is 0.465 e. The van der Waals surface area contributed by atoms with Crippen molar-refractivity contribution < 1.29 is 18.7 Å². The van der Waals surface area contributed by atoms with Crippen LogP contribution >= 0.6 is 0 Å². The third-order valence-corrected chi connectivity index (χ3v) is 3.91. The average molecular weight is 403 g/mol. The highest BCUT2D eigenvalue weighted by molar-refractivity contribution is 5.89. The molecule has 0 saturated carbocycles. The van der Waals surface area contributed by atoms with E-state index in [1.807, 2.05) is 31.2 Å². The van der Waals surface area contributed by atoms with Crippen LogP contribution in [0.25, 0.3) is 6.08 Å². The van der Waals surface area contributed by atoms with Crippen LogP contribution in [-0.2, 0) is 9.59 Å². The lowest BCUT2D eigenvalue weighted by Gasteiger charge is -2.05. The second-order valence-electron chi connectivity index (χ2n) is 6.36. The van der Waals surface area contributed by atoms with Gasteiger partial charge in [0, 0.05) is 11.8 Å². The van der Waals surface area contributed by atoms with Gasteiger partial charge in [-0.3, -0.25) is 4.79 Å². The first-order valence-electron chi connectivity index (χ1n) is 9.24. The van der Waals surface area contributed by atoms with E-state index in [0.717, 1.165) is 11.3 Å². The van der Waals surface area contributed by atoms with Crippen LogP contribution in [0, 0.1) is 6.92 Å². The lowest BCUT2D eigenvalue weighted by atomic mass is 10.2. The van der Waals surface area contributed by atoms with Crippen LogP contribution in [0.2, 0.25) is 0 Å². The van der Waals surface area contributed by atoms with Crippen LogP contribution in [0.5, 0.6) is 5.75 Å². The number of hydrazone groups is 1. The molecule has 0 spiro atoms. The third-order valence-electron chi connectivity index (χ3n) is 3.91. The number of furan rings is 1. The molecule has 152 valence electrons. The molecule has 0 fully saturated rings. The van der Waals surface area contributed by atoms with Crippen molar-refractivity contribution in [3.63, 3.8) is 0 Å². The molecule has 0 aliphatic heterocycles. The second kappa shape index (κ2) is 10.4. The van der Waals surface area contributed by atoms with E-state index in [9.17, 15) is 9.59 Å². The first-order valence-corrected chi connectivity index (χ1v) is 9.24. The molecular weight excluding hydrogens is 382 g/mol. The molecule has 0 saturated heterocycles. The Kier molecular flexibility index (Phi) is 7.16. The molecule has 0 unspecified atom stereocenters. The number of aryl methyl sites for hydroxylation is 1. The monoisotopic (exact) mass is 403 g/mol. The number of benzene rings is 2. The van der Waals surface area contributed by atoms with Crippen molar-refractivity contribution in [1.82, 2.24) is 5.43 Å². The molecule has 0 aliphatic carbocycles. The van der Waals surface area contributed by atoms with Crippen LogP contribution in [0.15, 0.2) is 82.5 Å². The van der Waals surface area contributed by atoms with Crippen molar-refractivity contribution >= 4 is 29.9 Å². The summed E-state index contributed by atoms with van der Waals surface area (Å²) >= 11 is 0. The predicted octanol–water partition coefficient (Wildman–Crippen LogP) is 3.77. The van der Waals surface area contributed by atoms with Crippen molar-refractivity contribution in [2.75, 3.05) is 11.9 Å². The lowest BCUT2D eigenvalue weighted by molar-refractivity contribution is -0.129. The predicted molar refractivity (Wildman–Crippen MR) is 115 cm³/mol. The fourth-order valence-electron chi connectivity index (χ4n) is 2.42. The van der Waals surface area contributed by atoms with Crippen LogP contribution in [0.1, 0.15) is 16.9 Å². The van der Waals surface area contributed by atoms with E-state index in [2.05, 4.69) is 15.8 Å². The standard InChI is InChI=1S/C23H21N3O4/c1-17-7-9-19(10-8-17)24-16-22(27)26-25-15-18-4-2-5-21(14-18)30-23(28)12-11-20-6-3-13-29-20/h2-15,24H,16H2,1H3,(H,26,27). The second-order valence-corrected chi connectivity index (χ2v) is 6.36. The highest BCUT2D eigenvalue weighted by Crippen LogP contribution is 2.13. The van der Waals surface area contributed by atoms with Crippen molar-refractivity contribution in [2.45, 2.75) is 6.92 Å². The van der Waals surface area contributed by atoms with Gasteiger partial charge in [0.2, 0.25) is 0 Å². The topological polar surface area (TPSA) is 92.9 Å². The molecule has 7 nitrogen and oxygen atoms in total. The number of carbonyl (C=O) groups is 2. The number of hydrogen-bond acceptors (Lipinski definition) is 6. The number of esters is 1. The summed E-state index contributed by atoms with van der Waals surface area (Å²) in [6, 6.07) is 18.0. The van der Waals surface area contributed by atoms with Crippen molar-refractivity contribution in [1.29, 1.82) is 0 Å². The molecule has 0 radical (unpaired) electrons. The normalized spacial score (nSPS) is 11.0. The van der Waals surface area contributed by atoms with Gasteiger partial charge in [-0.05, 0) is 55.0 Å². The minimum atomic E-state index is -0.532. The molecule has 1 heterocycles. The van der Waals surface area contributed by atoms with E-state index in [-0.39, 0.29) is 12.5 Å². The van der Waals surface area contributed by atoms with Gasteiger partial charge in [0.05, 0.1) is 19.0 Å². The molecule has 30 heavy (non-hydrogen) atoms. The number of amides is 1. The quantitative estimate of drug-likeness (QED) is 0.196. The Labute approximate surface area is 174 Å². The first-order chi connectivity index (χ1) is 14.6. The first kappa shape index (κ1) is 20.6. The van der Waals surface area contributed by atoms with Gasteiger partial charge >= 0.3 is 5.97 Å². The maximum atomic E-state index is 11.9. The number of rotatable bonds is 8. The molecule has 3 rings (SSSR count). The maximum Gasteiger partial charge on any atom is 0.336 e. The van der Waals surface area contributed by atoms with E-state index in [0.29, 0.717) is 17.1 Å². The summed E-state index contributed by atoms with van der Waals surface area (Å²) < 4.78 is 10.4. The molecule has 2 N–H and O–H groups in total.